The number of guanidine groups is 1. The molecule has 0 radical (unpaired) electrons. The Kier molecular flexibility index (Phi) is 9.49. The van der Waals surface area contributed by atoms with Crippen LogP contribution in [0.1, 0.15) is 38.7 Å². The van der Waals surface area contributed by atoms with Crippen LogP contribution >= 0.6 is 0 Å². The number of likely N-dealkylation sites (N-methyl/N-ethyl adjacent to an activating group) is 1. The SMILES string of the molecule is CCCOC(=O)N(OC(=O)CCCc1ccccc1)C(=N)N(C)C(C)C(=O)O. The van der Waals surface area contributed by atoms with Crippen LogP contribution in [0.3, 0.4) is 0 Å². The van der Waals surface area contributed by atoms with E-state index in [1.165, 1.54) is 14.0 Å². The van der Waals surface area contributed by atoms with Crippen molar-refractivity contribution in [1.82, 2.24) is 9.96 Å². The van der Waals surface area contributed by atoms with Crippen molar-refractivity contribution in [3.8, 4) is 0 Å². The van der Waals surface area contributed by atoms with E-state index in [-0.39, 0.29) is 13.0 Å². The van der Waals surface area contributed by atoms with Crippen LogP contribution in [-0.4, -0.2) is 58.8 Å². The highest BCUT2D eigenvalue weighted by molar-refractivity contribution is 5.94. The highest BCUT2D eigenvalue weighted by Crippen LogP contribution is 2.09. The molecule has 0 heterocycles. The van der Waals surface area contributed by atoms with Gasteiger partial charge < -0.3 is 19.6 Å². The summed E-state index contributed by atoms with van der Waals surface area (Å²) in [6, 6.07) is 8.48. The van der Waals surface area contributed by atoms with E-state index in [9.17, 15) is 14.4 Å². The second kappa shape index (κ2) is 11.6. The molecule has 0 fully saturated rings. The Morgan fingerprint density at radius 2 is 1.86 bits per heavy atom. The van der Waals surface area contributed by atoms with Gasteiger partial charge in [0, 0.05) is 13.5 Å². The van der Waals surface area contributed by atoms with Crippen LogP contribution in [0, 0.1) is 5.41 Å². The minimum Gasteiger partial charge on any atom is -0.480 e. The molecule has 0 saturated heterocycles. The largest absolute Gasteiger partial charge is 0.480 e. The number of hydroxylamine groups is 2. The van der Waals surface area contributed by atoms with Crippen molar-refractivity contribution in [3.05, 3.63) is 35.9 Å². The number of ether oxygens (including phenoxy) is 1. The van der Waals surface area contributed by atoms with Gasteiger partial charge in [0.05, 0.1) is 6.61 Å². The number of aryl methyl sites for hydroxylation is 1. The summed E-state index contributed by atoms with van der Waals surface area (Å²) in [5.41, 5.74) is 1.07. The number of benzene rings is 1. The van der Waals surface area contributed by atoms with E-state index in [2.05, 4.69) is 0 Å². The van der Waals surface area contributed by atoms with E-state index >= 15 is 0 Å². The van der Waals surface area contributed by atoms with Crippen LogP contribution in [-0.2, 0) is 25.6 Å². The lowest BCUT2D eigenvalue weighted by atomic mass is 10.1. The predicted molar refractivity (Wildman–Crippen MR) is 102 cm³/mol. The molecular weight excluding hydrogens is 366 g/mol. The molecule has 9 heteroatoms. The number of carboxylic acid groups (broad SMARTS) is 1. The van der Waals surface area contributed by atoms with E-state index in [0.29, 0.717) is 24.3 Å². The number of hydrogen-bond donors (Lipinski definition) is 2. The van der Waals surface area contributed by atoms with Gasteiger partial charge in [0.1, 0.15) is 6.04 Å². The first-order valence-corrected chi connectivity index (χ1v) is 9.03. The Morgan fingerprint density at radius 3 is 2.43 bits per heavy atom. The molecule has 0 aliphatic carbocycles. The van der Waals surface area contributed by atoms with E-state index < -0.39 is 30.0 Å². The number of hydrogen-bond acceptors (Lipinski definition) is 6. The van der Waals surface area contributed by atoms with Gasteiger partial charge in [-0.1, -0.05) is 42.3 Å². The molecule has 0 aliphatic heterocycles. The van der Waals surface area contributed by atoms with Crippen LogP contribution < -0.4 is 0 Å². The van der Waals surface area contributed by atoms with Gasteiger partial charge in [0.25, 0.3) is 0 Å². The van der Waals surface area contributed by atoms with Crippen molar-refractivity contribution in [2.75, 3.05) is 13.7 Å². The first-order valence-electron chi connectivity index (χ1n) is 9.03. The number of carbonyl (C=O) groups excluding carboxylic acids is 2. The highest BCUT2D eigenvalue weighted by atomic mass is 16.8. The van der Waals surface area contributed by atoms with Crippen LogP contribution in [0.4, 0.5) is 4.79 Å². The first-order chi connectivity index (χ1) is 13.3. The minimum absolute atomic E-state index is 0.0257. The molecule has 28 heavy (non-hydrogen) atoms. The normalized spacial score (nSPS) is 11.2. The molecule has 1 aromatic carbocycles. The molecule has 0 aromatic heterocycles. The van der Waals surface area contributed by atoms with Gasteiger partial charge in [0.2, 0.25) is 5.96 Å². The van der Waals surface area contributed by atoms with Crippen molar-refractivity contribution in [1.29, 1.82) is 5.41 Å². The molecule has 0 spiro atoms. The minimum atomic E-state index is -1.19. The molecule has 0 saturated carbocycles. The third-order valence-electron chi connectivity index (χ3n) is 3.94. The summed E-state index contributed by atoms with van der Waals surface area (Å²) >= 11 is 0. The standard InChI is InChI=1S/C19H27N3O6/c1-4-13-27-19(26)22(18(20)21(3)14(2)17(24)25)28-16(23)12-8-11-15-9-6-5-7-10-15/h5-7,9-10,14,20H,4,8,11-13H2,1-3H3,(H,24,25). The van der Waals surface area contributed by atoms with Gasteiger partial charge in [-0.15, -0.1) is 0 Å². The zero-order valence-corrected chi connectivity index (χ0v) is 16.4. The molecule has 1 aromatic rings. The summed E-state index contributed by atoms with van der Waals surface area (Å²) in [4.78, 5) is 41.5. The third kappa shape index (κ3) is 7.26. The Hall–Kier alpha value is -3.10. The van der Waals surface area contributed by atoms with Gasteiger partial charge in [0.15, 0.2) is 0 Å². The summed E-state index contributed by atoms with van der Waals surface area (Å²) in [6.07, 6.45) is 0.670. The molecule has 1 unspecified atom stereocenters. The van der Waals surface area contributed by atoms with Gasteiger partial charge in [-0.05, 0) is 31.7 Å². The lowest BCUT2D eigenvalue weighted by molar-refractivity contribution is -0.169. The molecule has 154 valence electrons. The lowest BCUT2D eigenvalue weighted by Crippen LogP contribution is -2.51. The number of carbonyl (C=O) groups is 3. The monoisotopic (exact) mass is 393 g/mol. The summed E-state index contributed by atoms with van der Waals surface area (Å²) in [5, 5.41) is 17.5. The first kappa shape index (κ1) is 22.9. The van der Waals surface area contributed by atoms with Crippen molar-refractivity contribution in [3.63, 3.8) is 0 Å². The van der Waals surface area contributed by atoms with Crippen LogP contribution in [0.15, 0.2) is 30.3 Å². The van der Waals surface area contributed by atoms with E-state index in [1.807, 2.05) is 30.3 Å². The lowest BCUT2D eigenvalue weighted by Gasteiger charge is -2.29. The van der Waals surface area contributed by atoms with Gasteiger partial charge in [-0.25, -0.2) is 14.4 Å². The maximum absolute atomic E-state index is 12.2. The average Bonchev–Trinajstić information content (AvgIpc) is 2.69. The summed E-state index contributed by atoms with van der Waals surface area (Å²) in [5.74, 6) is -2.51. The van der Waals surface area contributed by atoms with Crippen molar-refractivity contribution < 1.29 is 29.1 Å². The van der Waals surface area contributed by atoms with E-state index in [1.54, 1.807) is 6.92 Å². The van der Waals surface area contributed by atoms with Crippen molar-refractivity contribution in [2.45, 2.75) is 45.6 Å². The number of carboxylic acids is 1. The topological polar surface area (TPSA) is 120 Å². The third-order valence-corrected chi connectivity index (χ3v) is 3.94. The quantitative estimate of drug-likeness (QED) is 0.396. The number of rotatable bonds is 8. The number of nitrogens with one attached hydrogen (secondary N) is 1. The summed E-state index contributed by atoms with van der Waals surface area (Å²) in [6.45, 7) is 3.21. The Morgan fingerprint density at radius 1 is 1.21 bits per heavy atom. The van der Waals surface area contributed by atoms with E-state index in [0.717, 1.165) is 10.5 Å². The molecule has 9 nitrogen and oxygen atoms in total. The van der Waals surface area contributed by atoms with Crippen LogP contribution in [0.5, 0.6) is 0 Å². The fourth-order valence-electron chi connectivity index (χ4n) is 2.14. The smallest absolute Gasteiger partial charge is 0.451 e. The van der Waals surface area contributed by atoms with Crippen LogP contribution in [0.25, 0.3) is 0 Å². The van der Waals surface area contributed by atoms with Crippen LogP contribution in [0.2, 0.25) is 0 Å². The molecular formula is C19H27N3O6. The second-order valence-corrected chi connectivity index (χ2v) is 6.16. The summed E-state index contributed by atoms with van der Waals surface area (Å²) < 4.78 is 4.93. The average molecular weight is 393 g/mol. The number of aliphatic carboxylic acids is 1. The maximum atomic E-state index is 12.2. The Balaban J connectivity index is 2.72. The highest BCUT2D eigenvalue weighted by Gasteiger charge is 2.31. The van der Waals surface area contributed by atoms with Gasteiger partial charge >= 0.3 is 18.0 Å². The number of amides is 1. The fourth-order valence-corrected chi connectivity index (χ4v) is 2.14. The molecule has 0 aliphatic rings. The molecule has 1 rings (SSSR count). The van der Waals surface area contributed by atoms with Crippen molar-refractivity contribution in [2.24, 2.45) is 0 Å². The van der Waals surface area contributed by atoms with E-state index in [4.69, 9.17) is 20.1 Å². The molecule has 2 N–H and O–H groups in total. The van der Waals surface area contributed by atoms with Gasteiger partial charge in [-0.3, -0.25) is 5.41 Å². The Bertz CT molecular complexity index is 680. The van der Waals surface area contributed by atoms with Crippen molar-refractivity contribution >= 4 is 24.0 Å². The predicted octanol–water partition coefficient (Wildman–Crippen LogP) is 2.66. The zero-order valence-electron chi connectivity index (χ0n) is 16.4. The fraction of sp³-hybridized carbons (Fsp3) is 0.474. The summed E-state index contributed by atoms with van der Waals surface area (Å²) in [7, 11) is 1.31. The molecule has 0 bridgehead atoms. The Labute approximate surface area is 164 Å². The molecule has 1 amide bonds. The zero-order chi connectivity index (χ0) is 21.1. The number of nitrogens with zero attached hydrogens (tertiary/aromatic N) is 2. The maximum Gasteiger partial charge on any atom is 0.451 e. The second-order valence-electron chi connectivity index (χ2n) is 6.16. The van der Waals surface area contributed by atoms with Gasteiger partial charge in [-0.2, -0.15) is 0 Å². The molecule has 1 atom stereocenters.